The highest BCUT2D eigenvalue weighted by Gasteiger charge is 2.23. The Morgan fingerprint density at radius 3 is 1.91 bits per heavy atom. The van der Waals surface area contributed by atoms with Crippen molar-refractivity contribution >= 4 is 37.6 Å². The van der Waals surface area contributed by atoms with Gasteiger partial charge >= 0.3 is 5.97 Å². The van der Waals surface area contributed by atoms with Crippen molar-refractivity contribution in [2.75, 3.05) is 18.4 Å². The number of nitrogens with one attached hydrogen (secondary N) is 1. The van der Waals surface area contributed by atoms with Crippen LogP contribution in [0.15, 0.2) is 58.3 Å². The van der Waals surface area contributed by atoms with Gasteiger partial charge in [0.15, 0.2) is 6.10 Å². The van der Waals surface area contributed by atoms with E-state index in [1.807, 2.05) is 0 Å². The largest absolute Gasteiger partial charge is 0.449 e. The van der Waals surface area contributed by atoms with Crippen molar-refractivity contribution in [3.05, 3.63) is 54.1 Å². The van der Waals surface area contributed by atoms with Crippen molar-refractivity contribution in [3.8, 4) is 0 Å². The Morgan fingerprint density at radius 1 is 0.938 bits per heavy atom. The van der Waals surface area contributed by atoms with Crippen molar-refractivity contribution in [2.24, 2.45) is 5.14 Å². The van der Waals surface area contributed by atoms with E-state index in [9.17, 15) is 26.4 Å². The Labute approximate surface area is 187 Å². The summed E-state index contributed by atoms with van der Waals surface area (Å²) in [6.45, 7) is 5.46. The van der Waals surface area contributed by atoms with Crippen LogP contribution in [0.3, 0.4) is 0 Å². The van der Waals surface area contributed by atoms with E-state index in [0.717, 1.165) is 0 Å². The zero-order valence-electron chi connectivity index (χ0n) is 17.8. The molecule has 3 N–H and O–H groups in total. The summed E-state index contributed by atoms with van der Waals surface area (Å²) >= 11 is 0. The molecule has 1 atom stereocenters. The van der Waals surface area contributed by atoms with Gasteiger partial charge in [-0.15, -0.1) is 0 Å². The molecule has 0 bridgehead atoms. The lowest BCUT2D eigenvalue weighted by Gasteiger charge is -2.18. The van der Waals surface area contributed by atoms with E-state index in [4.69, 9.17) is 9.88 Å². The summed E-state index contributed by atoms with van der Waals surface area (Å²) in [5.74, 6) is -1.44. The molecule has 2 aromatic carbocycles. The highest BCUT2D eigenvalue weighted by atomic mass is 32.2. The number of amides is 1. The number of esters is 1. The number of nitrogens with two attached hydrogens (primary N) is 1. The minimum atomic E-state index is -3.85. The summed E-state index contributed by atoms with van der Waals surface area (Å²) in [4.78, 5) is 24.5. The minimum absolute atomic E-state index is 0.0477. The quantitative estimate of drug-likeness (QED) is 0.513. The van der Waals surface area contributed by atoms with Gasteiger partial charge in [0.25, 0.3) is 5.91 Å². The third kappa shape index (κ3) is 6.13. The molecular weight excluding hydrogens is 458 g/mol. The van der Waals surface area contributed by atoms with Gasteiger partial charge in [-0.1, -0.05) is 13.8 Å². The molecule has 0 aliphatic rings. The average Bonchev–Trinajstić information content (AvgIpc) is 2.74. The molecule has 174 valence electrons. The van der Waals surface area contributed by atoms with Crippen LogP contribution in [0, 0.1) is 0 Å². The van der Waals surface area contributed by atoms with Crippen LogP contribution in [-0.4, -0.2) is 52.2 Å². The van der Waals surface area contributed by atoms with E-state index < -0.39 is 38.0 Å². The smallest absolute Gasteiger partial charge is 0.338 e. The first-order valence-electron chi connectivity index (χ1n) is 9.65. The van der Waals surface area contributed by atoms with Crippen molar-refractivity contribution in [2.45, 2.75) is 36.7 Å². The molecule has 0 fully saturated rings. The topological polar surface area (TPSA) is 153 Å². The normalized spacial score (nSPS) is 12.9. The lowest BCUT2D eigenvalue weighted by atomic mass is 10.2. The number of sulfonamides is 2. The van der Waals surface area contributed by atoms with Crippen LogP contribution in [-0.2, 0) is 29.6 Å². The molecule has 0 spiro atoms. The Morgan fingerprint density at radius 2 is 1.44 bits per heavy atom. The molecule has 0 saturated carbocycles. The molecule has 0 aliphatic carbocycles. The molecule has 0 aliphatic heterocycles. The van der Waals surface area contributed by atoms with E-state index in [2.05, 4.69) is 5.32 Å². The Balaban J connectivity index is 2.03. The summed E-state index contributed by atoms with van der Waals surface area (Å²) in [6, 6.07) is 10.4. The molecule has 2 aromatic rings. The van der Waals surface area contributed by atoms with Crippen LogP contribution >= 0.6 is 0 Å². The van der Waals surface area contributed by atoms with Gasteiger partial charge in [0.05, 0.1) is 15.4 Å². The lowest BCUT2D eigenvalue weighted by Crippen LogP contribution is -2.31. The van der Waals surface area contributed by atoms with E-state index in [1.165, 1.54) is 59.8 Å². The molecule has 0 aromatic heterocycles. The molecule has 0 radical (unpaired) electrons. The van der Waals surface area contributed by atoms with Crippen LogP contribution < -0.4 is 10.5 Å². The monoisotopic (exact) mass is 483 g/mol. The van der Waals surface area contributed by atoms with Gasteiger partial charge in [0.2, 0.25) is 20.0 Å². The van der Waals surface area contributed by atoms with E-state index in [0.29, 0.717) is 13.1 Å². The molecule has 2 rings (SSSR count). The van der Waals surface area contributed by atoms with Crippen LogP contribution in [0.25, 0.3) is 0 Å². The maximum absolute atomic E-state index is 12.5. The van der Waals surface area contributed by atoms with Crippen molar-refractivity contribution < 1.29 is 31.2 Å². The Hall–Kier alpha value is -2.80. The average molecular weight is 484 g/mol. The summed E-state index contributed by atoms with van der Waals surface area (Å²) < 4.78 is 54.0. The molecule has 12 heteroatoms. The number of primary sulfonamides is 1. The second-order valence-electron chi connectivity index (χ2n) is 6.72. The zero-order valence-corrected chi connectivity index (χ0v) is 19.4. The Bertz CT molecular complexity index is 1170. The highest BCUT2D eigenvalue weighted by Crippen LogP contribution is 2.17. The molecular formula is C20H25N3O7S2. The summed E-state index contributed by atoms with van der Waals surface area (Å²) in [7, 11) is -7.51. The van der Waals surface area contributed by atoms with Crippen LogP contribution in [0.4, 0.5) is 5.69 Å². The van der Waals surface area contributed by atoms with Gasteiger partial charge in [-0.25, -0.2) is 26.8 Å². The fourth-order valence-corrected chi connectivity index (χ4v) is 4.70. The summed E-state index contributed by atoms with van der Waals surface area (Å²) in [5.41, 5.74) is 0.372. The third-order valence-corrected chi connectivity index (χ3v) is 7.53. The number of anilines is 1. The predicted molar refractivity (Wildman–Crippen MR) is 118 cm³/mol. The third-order valence-electron chi connectivity index (χ3n) is 4.54. The fourth-order valence-electron chi connectivity index (χ4n) is 2.73. The molecule has 0 saturated heterocycles. The van der Waals surface area contributed by atoms with Gasteiger partial charge in [-0.2, -0.15) is 4.31 Å². The van der Waals surface area contributed by atoms with E-state index >= 15 is 0 Å². The first-order chi connectivity index (χ1) is 14.9. The molecule has 1 amide bonds. The SMILES string of the molecule is CCN(CC)S(=O)(=O)c1ccc(C(=O)OC(C)C(=O)Nc2ccc(S(N)(=O)=O)cc2)cc1. The van der Waals surface area contributed by atoms with Crippen LogP contribution in [0.2, 0.25) is 0 Å². The van der Waals surface area contributed by atoms with E-state index in [-0.39, 0.29) is 21.0 Å². The molecule has 0 heterocycles. The second kappa shape index (κ2) is 10.2. The van der Waals surface area contributed by atoms with Crippen LogP contribution in [0.5, 0.6) is 0 Å². The highest BCUT2D eigenvalue weighted by molar-refractivity contribution is 7.89. The first-order valence-corrected chi connectivity index (χ1v) is 12.6. The summed E-state index contributed by atoms with van der Waals surface area (Å²) in [6.07, 6.45) is -1.17. The summed E-state index contributed by atoms with van der Waals surface area (Å²) in [5, 5.41) is 7.51. The number of carbonyl (C=O) groups is 2. The zero-order chi connectivity index (χ0) is 24.1. The minimum Gasteiger partial charge on any atom is -0.449 e. The lowest BCUT2D eigenvalue weighted by molar-refractivity contribution is -0.123. The molecule has 1 unspecified atom stereocenters. The fraction of sp³-hybridized carbons (Fsp3) is 0.300. The molecule has 32 heavy (non-hydrogen) atoms. The number of hydrogen-bond acceptors (Lipinski definition) is 7. The van der Waals surface area contributed by atoms with Crippen molar-refractivity contribution in [1.82, 2.24) is 4.31 Å². The predicted octanol–water partition coefficient (Wildman–Crippen LogP) is 1.55. The number of rotatable bonds is 9. The van der Waals surface area contributed by atoms with Gasteiger partial charge in [-0.3, -0.25) is 4.79 Å². The number of nitrogens with zero attached hydrogens (tertiary/aromatic N) is 1. The number of ether oxygens (including phenoxy) is 1. The van der Waals surface area contributed by atoms with Gasteiger partial charge in [0, 0.05) is 18.8 Å². The first kappa shape index (κ1) is 25.5. The van der Waals surface area contributed by atoms with Crippen molar-refractivity contribution in [1.29, 1.82) is 0 Å². The van der Waals surface area contributed by atoms with Gasteiger partial charge in [-0.05, 0) is 55.5 Å². The van der Waals surface area contributed by atoms with E-state index in [1.54, 1.807) is 13.8 Å². The van der Waals surface area contributed by atoms with Gasteiger partial charge < -0.3 is 10.1 Å². The standard InChI is InChI=1S/C20H25N3O7S2/c1-4-23(5-2)32(28,29)18-10-6-15(7-11-18)20(25)30-14(3)19(24)22-16-8-12-17(13-9-16)31(21,26)27/h6-14H,4-5H2,1-3H3,(H,22,24)(H2,21,26,27). The maximum Gasteiger partial charge on any atom is 0.338 e. The number of hydrogen-bond donors (Lipinski definition) is 2. The number of benzene rings is 2. The maximum atomic E-state index is 12.5. The Kier molecular flexibility index (Phi) is 8.13. The number of carbonyl (C=O) groups excluding carboxylic acids is 2. The van der Waals surface area contributed by atoms with Gasteiger partial charge in [0.1, 0.15) is 0 Å². The molecule has 10 nitrogen and oxygen atoms in total. The van der Waals surface area contributed by atoms with Crippen molar-refractivity contribution in [3.63, 3.8) is 0 Å². The van der Waals surface area contributed by atoms with Crippen LogP contribution in [0.1, 0.15) is 31.1 Å². The second-order valence-corrected chi connectivity index (χ2v) is 10.2.